The van der Waals surface area contributed by atoms with E-state index in [0.29, 0.717) is 24.4 Å². The summed E-state index contributed by atoms with van der Waals surface area (Å²) in [7, 11) is -2.16. The van der Waals surface area contributed by atoms with Gasteiger partial charge in [0.25, 0.3) is 10.0 Å². The van der Waals surface area contributed by atoms with Crippen LogP contribution >= 0.6 is 11.3 Å². The quantitative estimate of drug-likeness (QED) is 0.629. The lowest BCUT2D eigenvalue weighted by Gasteiger charge is -2.19. The molecule has 4 rings (SSSR count). The highest BCUT2D eigenvalue weighted by atomic mass is 32.2. The number of aliphatic hydroxyl groups is 1. The molecule has 1 aromatic heterocycles. The van der Waals surface area contributed by atoms with Gasteiger partial charge in [-0.1, -0.05) is 0 Å². The Bertz CT molecular complexity index is 1050. The lowest BCUT2D eigenvalue weighted by molar-refractivity contribution is -0.139. The first-order chi connectivity index (χ1) is 14.5. The fraction of sp³-hybridized carbons (Fsp3) is 0.500. The van der Waals surface area contributed by atoms with E-state index in [-0.39, 0.29) is 15.8 Å². The molecule has 2 aromatic rings. The van der Waals surface area contributed by atoms with Crippen molar-refractivity contribution in [3.8, 4) is 5.75 Å². The number of ether oxygens (including phenoxy) is 1. The lowest BCUT2D eigenvalue weighted by Crippen LogP contribution is -2.23. The molecule has 0 spiro atoms. The summed E-state index contributed by atoms with van der Waals surface area (Å²) in [6.07, 6.45) is -3.31. The third-order valence-corrected chi connectivity index (χ3v) is 8.44. The molecule has 0 radical (unpaired) electrons. The molecule has 11 heteroatoms. The minimum Gasteiger partial charge on any atom is -0.488 e. The molecule has 31 heavy (non-hydrogen) atoms. The third kappa shape index (κ3) is 5.16. The number of alkyl halides is 3. The van der Waals surface area contributed by atoms with E-state index in [1.165, 1.54) is 6.07 Å². The largest absolute Gasteiger partial charge is 0.488 e. The Morgan fingerprint density at radius 1 is 1.23 bits per heavy atom. The standard InChI is InChI=1S/C20H23F3N2O4S2/c1-25-9-8-14(11-25)29-16-10-13(4-5-15(16)20(21,22)23)24-31(27,28)18-7-6-17(30-18)19(26)12-2-3-12/h4-7,10,12,14,19,24,26H,2-3,8-9,11H2,1H3/t14-,19?/m1/s1. The van der Waals surface area contributed by atoms with Gasteiger partial charge in [-0.2, -0.15) is 13.2 Å². The van der Waals surface area contributed by atoms with E-state index in [0.717, 1.165) is 42.4 Å². The van der Waals surface area contributed by atoms with Gasteiger partial charge in [-0.15, -0.1) is 11.3 Å². The summed E-state index contributed by atoms with van der Waals surface area (Å²) in [5, 5.41) is 10.2. The van der Waals surface area contributed by atoms with Crippen LogP contribution in [0.4, 0.5) is 18.9 Å². The molecule has 1 aliphatic carbocycles. The number of likely N-dealkylation sites (tertiary alicyclic amines) is 1. The van der Waals surface area contributed by atoms with Crippen molar-refractivity contribution < 1.29 is 31.4 Å². The first-order valence-electron chi connectivity index (χ1n) is 9.90. The van der Waals surface area contributed by atoms with Crippen LogP contribution in [0.25, 0.3) is 0 Å². The fourth-order valence-corrected chi connectivity index (χ4v) is 6.03. The minimum absolute atomic E-state index is 0.0121. The van der Waals surface area contributed by atoms with E-state index in [1.807, 2.05) is 11.9 Å². The van der Waals surface area contributed by atoms with Gasteiger partial charge in [0.05, 0.1) is 17.4 Å². The molecular formula is C20H23F3N2O4S2. The number of aliphatic hydroxyl groups excluding tert-OH is 1. The summed E-state index contributed by atoms with van der Waals surface area (Å²) in [6, 6.07) is 5.93. The predicted octanol–water partition coefficient (Wildman–Crippen LogP) is 4.09. The molecular weight excluding hydrogens is 453 g/mol. The van der Waals surface area contributed by atoms with Crippen LogP contribution in [0.1, 0.15) is 35.8 Å². The monoisotopic (exact) mass is 476 g/mol. The van der Waals surface area contributed by atoms with E-state index in [2.05, 4.69) is 4.72 Å². The Morgan fingerprint density at radius 3 is 2.58 bits per heavy atom. The third-order valence-electron chi connectivity index (χ3n) is 5.41. The number of likely N-dealkylation sites (N-methyl/N-ethyl adjacent to an activating group) is 1. The summed E-state index contributed by atoms with van der Waals surface area (Å²) in [6.45, 7) is 1.21. The highest BCUT2D eigenvalue weighted by Crippen LogP contribution is 2.43. The number of sulfonamides is 1. The van der Waals surface area contributed by atoms with E-state index < -0.39 is 39.7 Å². The van der Waals surface area contributed by atoms with Crippen LogP contribution in [-0.2, 0) is 16.2 Å². The van der Waals surface area contributed by atoms with Crippen LogP contribution in [-0.4, -0.2) is 44.7 Å². The van der Waals surface area contributed by atoms with Crippen molar-refractivity contribution >= 4 is 27.0 Å². The molecule has 1 saturated heterocycles. The number of nitrogens with zero attached hydrogens (tertiary/aromatic N) is 1. The van der Waals surface area contributed by atoms with E-state index in [1.54, 1.807) is 6.07 Å². The summed E-state index contributed by atoms with van der Waals surface area (Å²) < 4.78 is 73.7. The van der Waals surface area contributed by atoms with Crippen molar-refractivity contribution in [2.24, 2.45) is 5.92 Å². The number of thiophene rings is 1. The molecule has 2 atom stereocenters. The molecule has 2 N–H and O–H groups in total. The number of benzene rings is 1. The van der Waals surface area contributed by atoms with E-state index in [9.17, 15) is 26.7 Å². The molecule has 1 saturated carbocycles. The Morgan fingerprint density at radius 2 is 1.97 bits per heavy atom. The first kappa shape index (κ1) is 22.4. The van der Waals surface area contributed by atoms with E-state index in [4.69, 9.17) is 4.74 Å². The van der Waals surface area contributed by atoms with Gasteiger partial charge in [0.1, 0.15) is 16.1 Å². The molecule has 1 aromatic carbocycles. The van der Waals surface area contributed by atoms with Gasteiger partial charge in [0.15, 0.2) is 0 Å². The van der Waals surface area contributed by atoms with Crippen LogP contribution in [0.5, 0.6) is 5.75 Å². The van der Waals surface area contributed by atoms with Gasteiger partial charge in [-0.25, -0.2) is 8.42 Å². The number of hydrogen-bond acceptors (Lipinski definition) is 6. The summed E-state index contributed by atoms with van der Waals surface area (Å²) in [4.78, 5) is 2.51. The van der Waals surface area contributed by atoms with Crippen molar-refractivity contribution in [1.82, 2.24) is 4.90 Å². The average Bonchev–Trinajstić information content (AvgIpc) is 3.24. The van der Waals surface area contributed by atoms with Crippen LogP contribution in [0.15, 0.2) is 34.5 Å². The number of anilines is 1. The van der Waals surface area contributed by atoms with Crippen molar-refractivity contribution in [2.75, 3.05) is 24.9 Å². The number of halogens is 3. The maximum atomic E-state index is 13.4. The van der Waals surface area contributed by atoms with Crippen LogP contribution < -0.4 is 9.46 Å². The first-order valence-corrected chi connectivity index (χ1v) is 12.2. The van der Waals surface area contributed by atoms with Gasteiger partial charge in [0, 0.05) is 24.0 Å². The van der Waals surface area contributed by atoms with Gasteiger partial charge in [0.2, 0.25) is 0 Å². The highest BCUT2D eigenvalue weighted by Gasteiger charge is 2.36. The molecule has 1 unspecified atom stereocenters. The Hall–Kier alpha value is -1.82. The van der Waals surface area contributed by atoms with Crippen LogP contribution in [0, 0.1) is 5.92 Å². The SMILES string of the molecule is CN1CC[C@@H](Oc2cc(NS(=O)(=O)c3ccc(C(O)C4CC4)s3)ccc2C(F)(F)F)C1. The number of nitrogens with one attached hydrogen (secondary N) is 1. The second-order valence-electron chi connectivity index (χ2n) is 8.04. The van der Waals surface area contributed by atoms with Gasteiger partial charge >= 0.3 is 6.18 Å². The van der Waals surface area contributed by atoms with Crippen molar-refractivity contribution in [2.45, 2.75) is 41.9 Å². The molecule has 170 valence electrons. The number of rotatable bonds is 7. The zero-order chi connectivity index (χ0) is 22.4. The Kier molecular flexibility index (Phi) is 5.97. The average molecular weight is 477 g/mol. The maximum absolute atomic E-state index is 13.4. The highest BCUT2D eigenvalue weighted by molar-refractivity contribution is 7.94. The van der Waals surface area contributed by atoms with Gasteiger partial charge in [-0.05, 0) is 56.5 Å². The molecule has 0 amide bonds. The fourth-order valence-electron chi connectivity index (χ4n) is 3.58. The predicted molar refractivity (Wildman–Crippen MR) is 111 cm³/mol. The zero-order valence-corrected chi connectivity index (χ0v) is 18.4. The number of hydrogen-bond donors (Lipinski definition) is 2. The van der Waals surface area contributed by atoms with Crippen LogP contribution in [0.2, 0.25) is 0 Å². The molecule has 2 heterocycles. The molecule has 2 aliphatic rings. The zero-order valence-electron chi connectivity index (χ0n) is 16.7. The van der Waals surface area contributed by atoms with Gasteiger partial charge in [-0.3, -0.25) is 4.72 Å². The Balaban J connectivity index is 1.56. The van der Waals surface area contributed by atoms with E-state index >= 15 is 0 Å². The Labute approximate surface area is 182 Å². The normalized spacial score (nSPS) is 21.3. The summed E-state index contributed by atoms with van der Waals surface area (Å²) in [5.74, 6) is -0.240. The minimum atomic E-state index is -4.63. The van der Waals surface area contributed by atoms with Gasteiger partial charge < -0.3 is 14.7 Å². The topological polar surface area (TPSA) is 78.9 Å². The second-order valence-corrected chi connectivity index (χ2v) is 11.1. The summed E-state index contributed by atoms with van der Waals surface area (Å²) >= 11 is 0.956. The lowest BCUT2D eigenvalue weighted by atomic mass is 10.1. The van der Waals surface area contributed by atoms with Crippen molar-refractivity contribution in [3.05, 3.63) is 40.8 Å². The molecule has 2 fully saturated rings. The molecule has 1 aliphatic heterocycles. The second kappa shape index (κ2) is 8.27. The maximum Gasteiger partial charge on any atom is 0.419 e. The van der Waals surface area contributed by atoms with Crippen LogP contribution in [0.3, 0.4) is 0 Å². The van der Waals surface area contributed by atoms with Crippen molar-refractivity contribution in [1.29, 1.82) is 0 Å². The van der Waals surface area contributed by atoms with Crippen molar-refractivity contribution in [3.63, 3.8) is 0 Å². The summed E-state index contributed by atoms with van der Waals surface area (Å²) in [5.41, 5.74) is -0.969. The smallest absolute Gasteiger partial charge is 0.419 e. The molecule has 0 bridgehead atoms. The molecule has 6 nitrogen and oxygen atoms in total.